The van der Waals surface area contributed by atoms with E-state index in [0.29, 0.717) is 0 Å². The van der Waals surface area contributed by atoms with Crippen molar-refractivity contribution in [3.63, 3.8) is 0 Å². The molecule has 19 heavy (non-hydrogen) atoms. The smallest absolute Gasteiger partial charge is 0.323 e. The summed E-state index contributed by atoms with van der Waals surface area (Å²) < 4.78 is 13.6. The topological polar surface area (TPSA) is 83.7 Å². The van der Waals surface area contributed by atoms with Gasteiger partial charge in [-0.15, -0.1) is 6.42 Å². The molecule has 0 radical (unpaired) electrons. The van der Waals surface area contributed by atoms with E-state index in [0.717, 1.165) is 17.0 Å². The lowest BCUT2D eigenvalue weighted by Gasteiger charge is -2.20. The molecule has 0 spiro atoms. The van der Waals surface area contributed by atoms with Gasteiger partial charge in [-0.05, 0) is 22.6 Å². The number of hydrogen-bond acceptors (Lipinski definition) is 4. The largest absolute Gasteiger partial charge is 0.480 e. The molecule has 1 N–H and O–H groups in total. The van der Waals surface area contributed by atoms with Crippen molar-refractivity contribution in [2.75, 3.05) is 18.0 Å². The third-order valence-corrected chi connectivity index (χ3v) is 2.99. The molecule has 0 fully saturated rings. The van der Waals surface area contributed by atoms with E-state index in [1.807, 2.05) is 0 Å². The summed E-state index contributed by atoms with van der Waals surface area (Å²) in [7, 11) is 0. The molecule has 0 aliphatic rings. The Labute approximate surface area is 121 Å². The van der Waals surface area contributed by atoms with Crippen molar-refractivity contribution in [1.82, 2.24) is 0 Å². The highest BCUT2D eigenvalue weighted by Crippen LogP contribution is 2.31. The van der Waals surface area contributed by atoms with Gasteiger partial charge in [0.15, 0.2) is 0 Å². The minimum atomic E-state index is -1.22. The maximum absolute atomic E-state index is 13.5. The van der Waals surface area contributed by atoms with E-state index in [-0.39, 0.29) is 21.5 Å². The van der Waals surface area contributed by atoms with Crippen molar-refractivity contribution in [1.29, 1.82) is 0 Å². The number of carboxylic acids is 1. The summed E-state index contributed by atoms with van der Waals surface area (Å²) in [6.07, 6.45) is 5.09. The molecule has 0 atom stereocenters. The van der Waals surface area contributed by atoms with Gasteiger partial charge in [-0.3, -0.25) is 14.9 Å². The Hall–Kier alpha value is -1.89. The molecule has 0 unspecified atom stereocenters. The summed E-state index contributed by atoms with van der Waals surface area (Å²) in [5.41, 5.74) is -0.537. The van der Waals surface area contributed by atoms with Crippen LogP contribution in [-0.4, -0.2) is 29.1 Å². The van der Waals surface area contributed by atoms with E-state index >= 15 is 0 Å². The van der Waals surface area contributed by atoms with Gasteiger partial charge < -0.3 is 10.0 Å². The number of terminal acetylenes is 1. The second-order valence-corrected chi connectivity index (χ2v) is 4.63. The molecular formula is C11H8FIN2O4. The number of rotatable bonds is 5. The van der Waals surface area contributed by atoms with E-state index in [2.05, 4.69) is 5.92 Å². The van der Waals surface area contributed by atoms with Crippen LogP contribution in [0.5, 0.6) is 0 Å². The Morgan fingerprint density at radius 1 is 1.63 bits per heavy atom. The van der Waals surface area contributed by atoms with E-state index in [1.165, 1.54) is 0 Å². The van der Waals surface area contributed by atoms with Crippen molar-refractivity contribution in [3.8, 4) is 12.3 Å². The Kier molecular flexibility index (Phi) is 5.05. The zero-order chi connectivity index (χ0) is 14.6. The third kappa shape index (κ3) is 3.78. The van der Waals surface area contributed by atoms with Crippen molar-refractivity contribution >= 4 is 39.9 Å². The highest BCUT2D eigenvalue weighted by molar-refractivity contribution is 14.1. The zero-order valence-electron chi connectivity index (χ0n) is 9.47. The summed E-state index contributed by atoms with van der Waals surface area (Å²) in [5.74, 6) is 0.296. The number of carboxylic acid groups (broad SMARTS) is 1. The van der Waals surface area contributed by atoms with E-state index < -0.39 is 23.3 Å². The first-order chi connectivity index (χ1) is 8.86. The zero-order valence-corrected chi connectivity index (χ0v) is 11.6. The summed E-state index contributed by atoms with van der Waals surface area (Å²) in [6.45, 7) is -0.724. The van der Waals surface area contributed by atoms with Crippen LogP contribution >= 0.6 is 22.6 Å². The molecule has 8 heteroatoms. The van der Waals surface area contributed by atoms with E-state index in [1.54, 1.807) is 22.6 Å². The molecule has 0 bridgehead atoms. The first-order valence-electron chi connectivity index (χ1n) is 4.90. The van der Waals surface area contributed by atoms with Gasteiger partial charge in [0.2, 0.25) is 0 Å². The van der Waals surface area contributed by atoms with Crippen molar-refractivity contribution in [2.24, 2.45) is 0 Å². The van der Waals surface area contributed by atoms with Gasteiger partial charge in [0, 0.05) is 12.1 Å². The molecule has 100 valence electrons. The van der Waals surface area contributed by atoms with Crippen molar-refractivity contribution in [3.05, 3.63) is 31.6 Å². The summed E-state index contributed by atoms with van der Waals surface area (Å²) >= 11 is 1.62. The SMILES string of the molecule is C#CCN(CC(=O)O)c1cc(F)c(I)cc1[N+](=O)[O-]. The standard InChI is InChI=1S/C11H8FIN2O4/c1-2-3-14(6-11(16)17)9-4-7(12)8(13)5-10(9)15(18)19/h1,4-5H,3,6H2,(H,16,17). The lowest BCUT2D eigenvalue weighted by molar-refractivity contribution is -0.384. The fourth-order valence-electron chi connectivity index (χ4n) is 1.43. The number of nitro groups is 1. The highest BCUT2D eigenvalue weighted by atomic mass is 127. The normalized spacial score (nSPS) is 9.74. The Morgan fingerprint density at radius 2 is 2.26 bits per heavy atom. The summed E-state index contributed by atoms with van der Waals surface area (Å²) in [6, 6.07) is 1.96. The van der Waals surface area contributed by atoms with Crippen LogP contribution in [0.15, 0.2) is 12.1 Å². The van der Waals surface area contributed by atoms with Gasteiger partial charge in [0.1, 0.15) is 18.0 Å². The Bertz CT molecular complexity index is 571. The lowest BCUT2D eigenvalue weighted by atomic mass is 10.2. The molecule has 0 aliphatic carbocycles. The molecule has 0 amide bonds. The second-order valence-electron chi connectivity index (χ2n) is 3.47. The first-order valence-corrected chi connectivity index (χ1v) is 5.98. The van der Waals surface area contributed by atoms with Crippen LogP contribution in [0.2, 0.25) is 0 Å². The summed E-state index contributed by atoms with van der Waals surface area (Å²) in [5, 5.41) is 19.7. The first kappa shape index (κ1) is 15.2. The number of hydrogen-bond donors (Lipinski definition) is 1. The highest BCUT2D eigenvalue weighted by Gasteiger charge is 2.23. The molecule has 0 heterocycles. The van der Waals surface area contributed by atoms with Crippen LogP contribution in [0.3, 0.4) is 0 Å². The minimum absolute atomic E-state index is 0.0732. The predicted molar refractivity (Wildman–Crippen MR) is 74.5 cm³/mol. The molecule has 1 aromatic carbocycles. The van der Waals surface area contributed by atoms with Gasteiger partial charge >= 0.3 is 5.97 Å². The predicted octanol–water partition coefficient (Wildman–Crippen LogP) is 1.86. The van der Waals surface area contributed by atoms with Crippen LogP contribution in [-0.2, 0) is 4.79 Å². The number of nitrogens with zero attached hydrogens (tertiary/aromatic N) is 2. The van der Waals surface area contributed by atoms with Crippen LogP contribution in [0.1, 0.15) is 0 Å². The van der Waals surface area contributed by atoms with Gasteiger partial charge in [0.05, 0.1) is 15.0 Å². The third-order valence-electron chi connectivity index (χ3n) is 2.16. The van der Waals surface area contributed by atoms with Crippen molar-refractivity contribution < 1.29 is 19.2 Å². The van der Waals surface area contributed by atoms with Crippen LogP contribution < -0.4 is 4.90 Å². The number of anilines is 1. The fraction of sp³-hybridized carbons (Fsp3) is 0.182. The number of benzene rings is 1. The molecule has 6 nitrogen and oxygen atoms in total. The monoisotopic (exact) mass is 378 g/mol. The fourth-order valence-corrected chi connectivity index (χ4v) is 1.88. The Morgan fingerprint density at radius 3 is 2.74 bits per heavy atom. The number of carbonyl (C=O) groups is 1. The maximum Gasteiger partial charge on any atom is 0.323 e. The van der Waals surface area contributed by atoms with Gasteiger partial charge in [-0.2, -0.15) is 0 Å². The molecular weight excluding hydrogens is 370 g/mol. The van der Waals surface area contributed by atoms with Crippen LogP contribution in [0.25, 0.3) is 0 Å². The molecule has 1 rings (SSSR count). The number of halogens is 2. The average molecular weight is 378 g/mol. The second kappa shape index (κ2) is 6.33. The minimum Gasteiger partial charge on any atom is -0.480 e. The van der Waals surface area contributed by atoms with Gasteiger partial charge in [-0.1, -0.05) is 5.92 Å². The maximum atomic E-state index is 13.5. The average Bonchev–Trinajstić information content (AvgIpc) is 2.30. The summed E-state index contributed by atoms with van der Waals surface area (Å²) in [4.78, 5) is 22.0. The van der Waals surface area contributed by atoms with Gasteiger partial charge in [-0.25, -0.2) is 4.39 Å². The molecule has 0 aliphatic heterocycles. The molecule has 0 saturated heterocycles. The lowest BCUT2D eigenvalue weighted by Crippen LogP contribution is -2.30. The van der Waals surface area contributed by atoms with Gasteiger partial charge in [0.25, 0.3) is 5.69 Å². The van der Waals surface area contributed by atoms with Crippen LogP contribution in [0, 0.1) is 31.8 Å². The number of aliphatic carboxylic acids is 1. The molecule has 1 aromatic rings. The Balaban J connectivity index is 3.35. The quantitative estimate of drug-likeness (QED) is 0.366. The van der Waals surface area contributed by atoms with Crippen molar-refractivity contribution in [2.45, 2.75) is 0 Å². The van der Waals surface area contributed by atoms with E-state index in [4.69, 9.17) is 11.5 Å². The van der Waals surface area contributed by atoms with E-state index in [9.17, 15) is 19.3 Å². The number of nitro benzene ring substituents is 1. The van der Waals surface area contributed by atoms with Crippen LogP contribution in [0.4, 0.5) is 15.8 Å². The molecule has 0 aromatic heterocycles. The molecule has 0 saturated carbocycles.